The van der Waals surface area contributed by atoms with Crippen molar-refractivity contribution in [3.8, 4) is 11.5 Å². The summed E-state index contributed by atoms with van der Waals surface area (Å²) in [6, 6.07) is 7.42. The van der Waals surface area contributed by atoms with E-state index in [1.165, 1.54) is 0 Å². The third-order valence-electron chi connectivity index (χ3n) is 1.95. The maximum absolute atomic E-state index is 5.53. The molecule has 1 aromatic carbocycles. The average molecular weight is 284 g/mol. The monoisotopic (exact) mass is 283 g/mol. The molecule has 84 valence electrons. The number of ether oxygens (including phenoxy) is 2. The van der Waals surface area contributed by atoms with E-state index in [-0.39, 0.29) is 6.61 Å². The zero-order chi connectivity index (χ0) is 11.4. The highest BCUT2D eigenvalue weighted by atomic mass is 79.9. The van der Waals surface area contributed by atoms with E-state index in [1.54, 1.807) is 13.3 Å². The predicted molar refractivity (Wildman–Crippen MR) is 61.5 cm³/mol. The van der Waals surface area contributed by atoms with Crippen LogP contribution >= 0.6 is 15.9 Å². The lowest BCUT2D eigenvalue weighted by Gasteiger charge is -2.08. The van der Waals surface area contributed by atoms with Crippen LogP contribution in [0.5, 0.6) is 11.5 Å². The SMILES string of the molecule is COc1ccccc1OCc1ncc(Br)o1. The van der Waals surface area contributed by atoms with Crippen molar-refractivity contribution >= 4 is 15.9 Å². The molecule has 0 radical (unpaired) electrons. The van der Waals surface area contributed by atoms with Crippen molar-refractivity contribution in [1.29, 1.82) is 0 Å². The average Bonchev–Trinajstić information content (AvgIpc) is 2.73. The van der Waals surface area contributed by atoms with Crippen LogP contribution in [0, 0.1) is 0 Å². The predicted octanol–water partition coefficient (Wildman–Crippen LogP) is 3.02. The van der Waals surface area contributed by atoms with Crippen LogP contribution in [0.25, 0.3) is 0 Å². The number of hydrogen-bond donors (Lipinski definition) is 0. The molecule has 2 rings (SSSR count). The smallest absolute Gasteiger partial charge is 0.233 e. The molecule has 0 unspecified atom stereocenters. The Morgan fingerprint density at radius 1 is 1.31 bits per heavy atom. The van der Waals surface area contributed by atoms with E-state index in [0.717, 1.165) is 0 Å². The summed E-state index contributed by atoms with van der Waals surface area (Å²) < 4.78 is 16.5. The first-order valence-electron chi connectivity index (χ1n) is 4.65. The molecule has 0 saturated carbocycles. The van der Waals surface area contributed by atoms with Gasteiger partial charge in [0.15, 0.2) is 22.8 Å². The third kappa shape index (κ3) is 2.55. The van der Waals surface area contributed by atoms with Gasteiger partial charge >= 0.3 is 0 Å². The highest BCUT2D eigenvalue weighted by molar-refractivity contribution is 9.10. The summed E-state index contributed by atoms with van der Waals surface area (Å²) in [5.41, 5.74) is 0. The van der Waals surface area contributed by atoms with Gasteiger partial charge in [-0.15, -0.1) is 0 Å². The van der Waals surface area contributed by atoms with Crippen molar-refractivity contribution in [2.24, 2.45) is 0 Å². The zero-order valence-corrected chi connectivity index (χ0v) is 10.2. The summed E-state index contributed by atoms with van der Waals surface area (Å²) in [6.45, 7) is 0.270. The molecule has 0 fully saturated rings. The number of halogens is 1. The van der Waals surface area contributed by atoms with Crippen LogP contribution in [0.4, 0.5) is 0 Å². The Hall–Kier alpha value is -1.49. The van der Waals surface area contributed by atoms with Gasteiger partial charge in [-0.25, -0.2) is 4.98 Å². The topological polar surface area (TPSA) is 44.5 Å². The Bertz CT molecular complexity index is 470. The van der Waals surface area contributed by atoms with Gasteiger partial charge in [-0.2, -0.15) is 0 Å². The second-order valence-corrected chi connectivity index (χ2v) is 3.78. The maximum Gasteiger partial charge on any atom is 0.233 e. The van der Waals surface area contributed by atoms with Crippen molar-refractivity contribution in [1.82, 2.24) is 4.98 Å². The number of oxazole rings is 1. The van der Waals surface area contributed by atoms with E-state index < -0.39 is 0 Å². The van der Waals surface area contributed by atoms with Crippen LogP contribution in [-0.2, 0) is 6.61 Å². The van der Waals surface area contributed by atoms with E-state index in [0.29, 0.717) is 22.1 Å². The Labute approximate surface area is 101 Å². The summed E-state index contributed by atoms with van der Waals surface area (Å²) in [5.74, 6) is 1.87. The number of rotatable bonds is 4. The standard InChI is InChI=1S/C11H10BrNO3/c1-14-8-4-2-3-5-9(8)15-7-11-13-6-10(12)16-11/h2-6H,7H2,1H3. The Kier molecular flexibility index (Phi) is 3.46. The highest BCUT2D eigenvalue weighted by Gasteiger charge is 2.06. The molecule has 1 heterocycles. The molecular formula is C11H10BrNO3. The van der Waals surface area contributed by atoms with E-state index in [4.69, 9.17) is 13.9 Å². The first-order chi connectivity index (χ1) is 7.79. The normalized spacial score (nSPS) is 10.1. The van der Waals surface area contributed by atoms with Gasteiger partial charge in [-0.05, 0) is 28.1 Å². The van der Waals surface area contributed by atoms with E-state index >= 15 is 0 Å². The number of aromatic nitrogens is 1. The molecule has 5 heteroatoms. The molecule has 0 amide bonds. The summed E-state index contributed by atoms with van der Waals surface area (Å²) >= 11 is 3.18. The maximum atomic E-state index is 5.53. The molecule has 0 bridgehead atoms. The summed E-state index contributed by atoms with van der Waals surface area (Å²) in [5, 5.41) is 0. The molecule has 0 N–H and O–H groups in total. The summed E-state index contributed by atoms with van der Waals surface area (Å²) in [7, 11) is 1.60. The summed E-state index contributed by atoms with van der Waals surface area (Å²) in [6.07, 6.45) is 1.58. The second-order valence-electron chi connectivity index (χ2n) is 3.00. The first kappa shape index (κ1) is 11.0. The molecule has 0 spiro atoms. The number of benzene rings is 1. The van der Waals surface area contributed by atoms with Gasteiger partial charge in [0.1, 0.15) is 0 Å². The van der Waals surface area contributed by atoms with Gasteiger partial charge in [0, 0.05) is 0 Å². The number of nitrogens with zero attached hydrogens (tertiary/aromatic N) is 1. The van der Waals surface area contributed by atoms with Crippen LogP contribution in [0.2, 0.25) is 0 Å². The Morgan fingerprint density at radius 2 is 2.06 bits per heavy atom. The fourth-order valence-corrected chi connectivity index (χ4v) is 1.52. The van der Waals surface area contributed by atoms with E-state index in [2.05, 4.69) is 20.9 Å². The molecule has 0 aliphatic rings. The molecule has 0 atom stereocenters. The minimum absolute atomic E-state index is 0.270. The molecule has 16 heavy (non-hydrogen) atoms. The van der Waals surface area contributed by atoms with Gasteiger partial charge < -0.3 is 13.9 Å². The fraction of sp³-hybridized carbons (Fsp3) is 0.182. The second kappa shape index (κ2) is 5.03. The largest absolute Gasteiger partial charge is 0.493 e. The van der Waals surface area contributed by atoms with Crippen LogP contribution in [-0.4, -0.2) is 12.1 Å². The number of methoxy groups -OCH3 is 1. The highest BCUT2D eigenvalue weighted by Crippen LogP contribution is 2.26. The molecule has 0 saturated heterocycles. The van der Waals surface area contributed by atoms with Gasteiger partial charge in [0.2, 0.25) is 5.89 Å². The summed E-state index contributed by atoms with van der Waals surface area (Å²) in [4.78, 5) is 4.01. The quantitative estimate of drug-likeness (QED) is 0.865. The molecule has 0 aliphatic carbocycles. The van der Waals surface area contributed by atoms with Crippen molar-refractivity contribution < 1.29 is 13.9 Å². The van der Waals surface area contributed by atoms with Crippen molar-refractivity contribution in [3.63, 3.8) is 0 Å². The fourth-order valence-electron chi connectivity index (χ4n) is 1.23. The lowest BCUT2D eigenvalue weighted by Crippen LogP contribution is -1.97. The van der Waals surface area contributed by atoms with Crippen molar-refractivity contribution in [2.75, 3.05) is 7.11 Å². The third-order valence-corrected chi connectivity index (χ3v) is 2.31. The molecule has 2 aromatic rings. The molecule has 0 aliphatic heterocycles. The van der Waals surface area contributed by atoms with Crippen molar-refractivity contribution in [2.45, 2.75) is 6.61 Å². The van der Waals surface area contributed by atoms with E-state index in [1.807, 2.05) is 24.3 Å². The van der Waals surface area contributed by atoms with E-state index in [9.17, 15) is 0 Å². The number of hydrogen-bond acceptors (Lipinski definition) is 4. The van der Waals surface area contributed by atoms with Crippen LogP contribution < -0.4 is 9.47 Å². The van der Waals surface area contributed by atoms with Crippen molar-refractivity contribution in [3.05, 3.63) is 41.0 Å². The molecule has 4 nitrogen and oxygen atoms in total. The van der Waals surface area contributed by atoms with Crippen LogP contribution in [0.3, 0.4) is 0 Å². The minimum Gasteiger partial charge on any atom is -0.493 e. The van der Waals surface area contributed by atoms with Crippen LogP contribution in [0.1, 0.15) is 5.89 Å². The molecule has 1 aromatic heterocycles. The molecular weight excluding hydrogens is 274 g/mol. The Morgan fingerprint density at radius 3 is 2.69 bits per heavy atom. The Balaban J connectivity index is 2.04. The number of para-hydroxylation sites is 2. The van der Waals surface area contributed by atoms with Gasteiger partial charge in [0.25, 0.3) is 0 Å². The minimum atomic E-state index is 0.270. The zero-order valence-electron chi connectivity index (χ0n) is 8.64. The first-order valence-corrected chi connectivity index (χ1v) is 5.45. The lowest BCUT2D eigenvalue weighted by atomic mass is 10.3. The lowest BCUT2D eigenvalue weighted by molar-refractivity contribution is 0.248. The van der Waals surface area contributed by atoms with Gasteiger partial charge in [-0.1, -0.05) is 12.1 Å². The van der Waals surface area contributed by atoms with Gasteiger partial charge in [-0.3, -0.25) is 0 Å². The van der Waals surface area contributed by atoms with Crippen LogP contribution in [0.15, 0.2) is 39.5 Å². The van der Waals surface area contributed by atoms with Gasteiger partial charge in [0.05, 0.1) is 13.3 Å².